The molecular weight excluding hydrogens is 387 g/mol. The molecule has 0 fully saturated rings. The second kappa shape index (κ2) is 55.4. The topological polar surface area (TPSA) is 52.6 Å². The molecule has 4 nitrogen and oxygen atoms in total. The molecule has 0 saturated heterocycles. The third kappa shape index (κ3) is 117. The first kappa shape index (κ1) is 37.6. The Kier molecular flexibility index (Phi) is 160. The van der Waals surface area contributed by atoms with Crippen molar-refractivity contribution in [2.45, 2.75) is 21.8 Å². The quantitative estimate of drug-likeness (QED) is 0.667. The summed E-state index contributed by atoms with van der Waals surface area (Å²) in [6.45, 7) is 4.60. The first-order valence-electron chi connectivity index (χ1n) is 2.22. The van der Waals surface area contributed by atoms with Crippen LogP contribution in [-0.2, 0) is 19.1 Å². The second-order valence-corrected chi connectivity index (χ2v) is 0.804. The summed E-state index contributed by atoms with van der Waals surface area (Å²) >= 11 is 0. The predicted molar refractivity (Wildman–Crippen MR) is 49.9 cm³/mol. The van der Waals surface area contributed by atoms with E-state index in [9.17, 15) is 0 Å². The van der Waals surface area contributed by atoms with Crippen LogP contribution in [0.2, 0.25) is 0 Å². The van der Waals surface area contributed by atoms with E-state index in [0.29, 0.717) is 6.61 Å². The zero-order valence-electron chi connectivity index (χ0n) is 6.92. The van der Waals surface area contributed by atoms with E-state index in [0.717, 1.165) is 0 Å². The van der Waals surface area contributed by atoms with Crippen molar-refractivity contribution >= 4 is 12.9 Å². The zero-order chi connectivity index (χ0) is 7.54. The Labute approximate surface area is 118 Å². The van der Waals surface area contributed by atoms with Crippen molar-refractivity contribution in [3.8, 4) is 0 Å². The van der Waals surface area contributed by atoms with Crippen LogP contribution in [0.4, 0.5) is 0 Å². The van der Waals surface area contributed by atoms with E-state index in [2.05, 4.69) is 9.47 Å². The van der Waals surface area contributed by atoms with E-state index < -0.39 is 0 Å². The summed E-state index contributed by atoms with van der Waals surface area (Å²) in [6, 6.07) is 0. The minimum atomic E-state index is 0. The molecule has 81 valence electrons. The van der Waals surface area contributed by atoms with Crippen molar-refractivity contribution in [2.75, 3.05) is 13.7 Å². The van der Waals surface area contributed by atoms with Crippen molar-refractivity contribution in [1.82, 2.24) is 0 Å². The molecule has 5 heteroatoms. The van der Waals surface area contributed by atoms with Gasteiger partial charge in [0.1, 0.15) is 0 Å². The number of hydrogen-bond donors (Lipinski definition) is 0. The van der Waals surface area contributed by atoms with E-state index >= 15 is 0 Å². The Hall–Kier alpha value is 0.382. The summed E-state index contributed by atoms with van der Waals surface area (Å²) < 4.78 is 7.76. The fourth-order valence-electron chi connectivity index (χ4n) is 0.0589. The van der Waals surface area contributed by atoms with Gasteiger partial charge in [0, 0.05) is 57.8 Å². The molecule has 0 N–H and O–H groups in total. The molecule has 0 aliphatic heterocycles. The number of methoxy groups -OCH3 is 1. The van der Waals surface area contributed by atoms with Gasteiger partial charge in [-0.3, -0.25) is 0 Å². The van der Waals surface area contributed by atoms with Gasteiger partial charge in [0.05, 0.1) is 0 Å². The molecule has 0 unspecified atom stereocenters. The Morgan fingerprint density at radius 2 is 1.46 bits per heavy atom. The van der Waals surface area contributed by atoms with E-state index in [-0.39, 0.29) is 66.3 Å². The number of rotatable bonds is 3. The molecule has 13 heavy (non-hydrogen) atoms. The third-order valence-corrected chi connectivity index (χ3v) is 0.287. The summed E-state index contributed by atoms with van der Waals surface area (Å²) in [5.74, 6) is 0. The minimum absolute atomic E-state index is 0. The molecule has 0 aliphatic carbocycles. The Balaban J connectivity index is -0.0000000146. The van der Waals surface area contributed by atoms with Gasteiger partial charge in [0.25, 0.3) is 0 Å². The molecular formula is C8H19AcO4-3. The molecule has 0 saturated carbocycles. The molecule has 0 aromatic carbocycles. The Bertz CT molecular complexity index is 69.2. The molecule has 0 spiro atoms. The molecule has 0 aromatic rings. The molecule has 0 heterocycles. The average molecular weight is 406 g/mol. The molecule has 1 radical (unpaired) electrons. The van der Waals surface area contributed by atoms with Gasteiger partial charge in [-0.15, -0.1) is 0 Å². The maximum atomic E-state index is 9.06. The molecule has 0 aromatic heterocycles. The maximum Gasteiger partial charge on any atom is 0.0451 e. The van der Waals surface area contributed by atoms with Crippen LogP contribution >= 0.6 is 0 Å². The van der Waals surface area contributed by atoms with Crippen LogP contribution < -0.4 is 0 Å². The van der Waals surface area contributed by atoms with Crippen LogP contribution in [0.15, 0.2) is 0 Å². The van der Waals surface area contributed by atoms with E-state index in [1.807, 2.05) is 0 Å². The van der Waals surface area contributed by atoms with Gasteiger partial charge in [-0.2, -0.15) is 0 Å². The van der Waals surface area contributed by atoms with E-state index in [1.54, 1.807) is 6.92 Å². The molecule has 0 atom stereocenters. The predicted octanol–water partition coefficient (Wildman–Crippen LogP) is 1.51. The molecule has 0 amide bonds. The minimum Gasteiger partial charge on any atom is -0.655 e. The summed E-state index contributed by atoms with van der Waals surface area (Å²) in [7, 11) is 1.26. The fourth-order valence-corrected chi connectivity index (χ4v) is 0.0589. The number of hydrogen-bond acceptors (Lipinski definition) is 4. The van der Waals surface area contributed by atoms with Gasteiger partial charge in [-0.25, -0.2) is 0 Å². The summed E-state index contributed by atoms with van der Waals surface area (Å²) in [4.78, 5) is 17.9. The second-order valence-electron chi connectivity index (χ2n) is 0.804. The van der Waals surface area contributed by atoms with Gasteiger partial charge in [-0.1, -0.05) is 27.8 Å². The first-order valence-corrected chi connectivity index (χ1v) is 2.22. The summed E-state index contributed by atoms with van der Waals surface area (Å²) in [6.07, 6.45) is 0. The van der Waals surface area contributed by atoms with Gasteiger partial charge < -0.3 is 26.5 Å². The standard InChI is InChI=1S/C3H5O2.C2H3O2.2CH4.CH3.Ac/c1-2-5-3-4;1-4-2-3;;;;/h2H2,1H3;1H3;2*1H4;1H3;/q2*-1;;;-1;. The van der Waals surface area contributed by atoms with Gasteiger partial charge >= 0.3 is 0 Å². The maximum absolute atomic E-state index is 9.06. The largest absolute Gasteiger partial charge is 0.655 e. The van der Waals surface area contributed by atoms with Crippen LogP contribution in [0.5, 0.6) is 0 Å². The zero-order valence-corrected chi connectivity index (χ0v) is 11.7. The van der Waals surface area contributed by atoms with Crippen LogP contribution in [-0.4, -0.2) is 26.7 Å². The van der Waals surface area contributed by atoms with Crippen LogP contribution in [0.1, 0.15) is 21.8 Å². The van der Waals surface area contributed by atoms with E-state index in [4.69, 9.17) is 9.59 Å². The normalized spacial score (nSPS) is 4.15. The van der Waals surface area contributed by atoms with Crippen LogP contribution in [0.25, 0.3) is 0 Å². The number of carbonyl (C=O) groups excluding carboxylic acids is 2. The summed E-state index contributed by atoms with van der Waals surface area (Å²) in [5.41, 5.74) is 0. The summed E-state index contributed by atoms with van der Waals surface area (Å²) in [5, 5.41) is 0. The first-order chi connectivity index (χ1) is 4.33. The molecule has 0 rings (SSSR count). The van der Waals surface area contributed by atoms with Gasteiger partial charge in [0.2, 0.25) is 0 Å². The van der Waals surface area contributed by atoms with Crippen molar-refractivity contribution in [3.63, 3.8) is 0 Å². The van der Waals surface area contributed by atoms with Crippen molar-refractivity contribution < 1.29 is 63.1 Å². The molecule has 0 bridgehead atoms. The van der Waals surface area contributed by atoms with Crippen LogP contribution in [0.3, 0.4) is 0 Å². The smallest absolute Gasteiger partial charge is 0.0451 e. The Morgan fingerprint density at radius 3 is 1.46 bits per heavy atom. The van der Waals surface area contributed by atoms with Crippen LogP contribution in [0, 0.1) is 51.5 Å². The van der Waals surface area contributed by atoms with Crippen molar-refractivity contribution in [2.24, 2.45) is 0 Å². The average Bonchev–Trinajstić information content (AvgIpc) is 1.91. The van der Waals surface area contributed by atoms with Gasteiger partial charge in [0.15, 0.2) is 0 Å². The third-order valence-electron chi connectivity index (χ3n) is 0.287. The Morgan fingerprint density at radius 1 is 1.15 bits per heavy atom. The number of ether oxygens (including phenoxy) is 2. The molecule has 0 aliphatic rings. The monoisotopic (exact) mass is 406 g/mol. The van der Waals surface area contributed by atoms with Gasteiger partial charge in [-0.05, 0) is 6.92 Å². The SMILES string of the molecule is C.C.CCO[C-]=O.CO[C-]=O.[Ac].[CH3-]. The fraction of sp³-hybridized carbons (Fsp3) is 0.625. The van der Waals surface area contributed by atoms with Crippen molar-refractivity contribution in [1.29, 1.82) is 0 Å². The van der Waals surface area contributed by atoms with E-state index in [1.165, 1.54) is 20.1 Å². The van der Waals surface area contributed by atoms with Crippen molar-refractivity contribution in [3.05, 3.63) is 7.43 Å².